The molecular formula is C51H34O4. The topological polar surface area (TPSA) is 60.4 Å². The van der Waals surface area contributed by atoms with Crippen LogP contribution < -0.4 is 10.9 Å². The average Bonchev–Trinajstić information content (AvgIpc) is 3.24. The molecule has 1 aliphatic rings. The Morgan fingerprint density at radius 2 is 0.818 bits per heavy atom. The zero-order valence-electron chi connectivity index (χ0n) is 30.1. The molecule has 4 heteroatoms. The maximum absolute atomic E-state index is 14.2. The minimum atomic E-state index is -0.102. The van der Waals surface area contributed by atoms with Crippen LogP contribution in [0.15, 0.2) is 188 Å². The summed E-state index contributed by atoms with van der Waals surface area (Å²) in [6.07, 6.45) is 5.44. The highest BCUT2D eigenvalue weighted by Crippen LogP contribution is 2.36. The minimum Gasteiger partial charge on any atom is -0.456 e. The second-order valence-corrected chi connectivity index (χ2v) is 14.5. The molecule has 1 aliphatic carbocycles. The molecule has 4 nitrogen and oxygen atoms in total. The lowest BCUT2D eigenvalue weighted by Gasteiger charge is -2.20. The maximum Gasteiger partial charge on any atom is 0.200 e. The summed E-state index contributed by atoms with van der Waals surface area (Å²) in [6, 6.07) is 51.9. The summed E-state index contributed by atoms with van der Waals surface area (Å²) >= 11 is 0. The first-order valence-electron chi connectivity index (χ1n) is 18.6. The van der Waals surface area contributed by atoms with Crippen LogP contribution in [0.2, 0.25) is 0 Å². The van der Waals surface area contributed by atoms with E-state index in [1.54, 1.807) is 0 Å². The van der Waals surface area contributed by atoms with Gasteiger partial charge >= 0.3 is 0 Å². The average molecular weight is 711 g/mol. The fraction of sp³-hybridized carbons (Fsp3) is 0.0588. The van der Waals surface area contributed by atoms with Gasteiger partial charge in [0.25, 0.3) is 0 Å². The van der Waals surface area contributed by atoms with Gasteiger partial charge in [0.1, 0.15) is 22.3 Å². The van der Waals surface area contributed by atoms with E-state index in [1.165, 1.54) is 16.7 Å². The highest BCUT2D eigenvalue weighted by Gasteiger charge is 2.18. The Bertz CT molecular complexity index is 3170. The zero-order valence-corrected chi connectivity index (χ0v) is 30.1. The third-order valence-corrected chi connectivity index (χ3v) is 10.8. The van der Waals surface area contributed by atoms with Gasteiger partial charge in [0.2, 0.25) is 10.9 Å². The molecule has 2 aromatic heterocycles. The summed E-state index contributed by atoms with van der Waals surface area (Å²) in [6.45, 7) is 2.23. The van der Waals surface area contributed by atoms with Gasteiger partial charge in [-0.15, -0.1) is 0 Å². The predicted molar refractivity (Wildman–Crippen MR) is 226 cm³/mol. The van der Waals surface area contributed by atoms with E-state index in [1.807, 2.05) is 103 Å². The quantitative estimate of drug-likeness (QED) is 0.167. The Kier molecular flexibility index (Phi) is 7.77. The largest absolute Gasteiger partial charge is 0.456 e. The molecule has 0 spiro atoms. The molecule has 0 aliphatic heterocycles. The van der Waals surface area contributed by atoms with E-state index in [-0.39, 0.29) is 10.9 Å². The van der Waals surface area contributed by atoms with Crippen molar-refractivity contribution >= 4 is 55.0 Å². The Morgan fingerprint density at radius 3 is 1.33 bits per heavy atom. The van der Waals surface area contributed by atoms with Crippen molar-refractivity contribution in [3.05, 3.63) is 201 Å². The van der Waals surface area contributed by atoms with E-state index in [9.17, 15) is 9.59 Å². The molecule has 0 saturated heterocycles. The molecule has 9 aromatic rings. The lowest BCUT2D eigenvalue weighted by atomic mass is 9.85. The first-order chi connectivity index (χ1) is 26.9. The van der Waals surface area contributed by atoms with Crippen molar-refractivity contribution < 1.29 is 8.83 Å². The van der Waals surface area contributed by atoms with Gasteiger partial charge in [0.15, 0.2) is 0 Å². The lowest BCUT2D eigenvalue weighted by molar-refractivity contribution is 0.659. The van der Waals surface area contributed by atoms with Crippen LogP contribution in [0.1, 0.15) is 24.5 Å². The Morgan fingerprint density at radius 1 is 0.418 bits per heavy atom. The van der Waals surface area contributed by atoms with Gasteiger partial charge in [-0.05, 0) is 123 Å². The molecule has 0 N–H and O–H groups in total. The fourth-order valence-corrected chi connectivity index (χ4v) is 7.98. The van der Waals surface area contributed by atoms with E-state index < -0.39 is 0 Å². The molecule has 10 rings (SSSR count). The lowest BCUT2D eigenvalue weighted by Crippen LogP contribution is -2.05. The number of benzene rings is 7. The zero-order chi connectivity index (χ0) is 37.0. The SMILES string of the molecule is CC1C=C(c2ccccc2)C=C(c2ccc3oc4ccc(-c5ccc6oc7ccc(-c8cccc(-c9ccccc9)c8)cc7c(=O)c6c5)cc4c(=O)c3c2)C1. The number of hydrogen-bond donors (Lipinski definition) is 0. The summed E-state index contributed by atoms with van der Waals surface area (Å²) in [4.78, 5) is 28.3. The van der Waals surface area contributed by atoms with Crippen molar-refractivity contribution in [3.63, 3.8) is 0 Å². The number of hydrogen-bond acceptors (Lipinski definition) is 4. The molecule has 0 amide bonds. The van der Waals surface area contributed by atoms with E-state index >= 15 is 0 Å². The normalized spacial score (nSPS) is 14.4. The van der Waals surface area contributed by atoms with Crippen molar-refractivity contribution in [2.45, 2.75) is 13.3 Å². The van der Waals surface area contributed by atoms with E-state index in [4.69, 9.17) is 8.83 Å². The van der Waals surface area contributed by atoms with Gasteiger partial charge in [-0.25, -0.2) is 0 Å². The van der Waals surface area contributed by atoms with Crippen molar-refractivity contribution in [2.75, 3.05) is 0 Å². The van der Waals surface area contributed by atoms with E-state index in [0.717, 1.165) is 45.4 Å². The second-order valence-electron chi connectivity index (χ2n) is 14.5. The van der Waals surface area contributed by atoms with E-state index in [2.05, 4.69) is 73.7 Å². The molecule has 0 saturated carbocycles. The molecule has 0 bridgehead atoms. The second kappa shape index (κ2) is 13.1. The van der Waals surface area contributed by atoms with Gasteiger partial charge in [0, 0.05) is 0 Å². The highest BCUT2D eigenvalue weighted by atomic mass is 16.3. The van der Waals surface area contributed by atoms with Crippen LogP contribution in [0.3, 0.4) is 0 Å². The van der Waals surface area contributed by atoms with Crippen LogP contribution in [0.4, 0.5) is 0 Å². The predicted octanol–water partition coefficient (Wildman–Crippen LogP) is 12.7. The first-order valence-corrected chi connectivity index (χ1v) is 18.6. The summed E-state index contributed by atoms with van der Waals surface area (Å²) in [5.74, 6) is 0.364. The molecule has 262 valence electrons. The smallest absolute Gasteiger partial charge is 0.200 e. The minimum absolute atomic E-state index is 0.0848. The molecular weight excluding hydrogens is 677 g/mol. The number of fused-ring (bicyclic) bond motifs is 4. The molecule has 0 radical (unpaired) electrons. The van der Waals surface area contributed by atoms with Gasteiger partial charge in [-0.3, -0.25) is 9.59 Å². The van der Waals surface area contributed by atoms with Crippen LogP contribution in [0, 0.1) is 5.92 Å². The van der Waals surface area contributed by atoms with Gasteiger partial charge in [-0.2, -0.15) is 0 Å². The van der Waals surface area contributed by atoms with Crippen LogP contribution >= 0.6 is 0 Å². The monoisotopic (exact) mass is 710 g/mol. The molecule has 0 fully saturated rings. The van der Waals surface area contributed by atoms with E-state index in [0.29, 0.717) is 49.8 Å². The Labute approximate surface area is 316 Å². The number of allylic oxidation sites excluding steroid dienone is 4. The summed E-state index contributed by atoms with van der Waals surface area (Å²) in [5.41, 5.74) is 12.3. The van der Waals surface area contributed by atoms with Gasteiger partial charge in [0.05, 0.1) is 21.5 Å². The van der Waals surface area contributed by atoms with Crippen molar-refractivity contribution in [2.24, 2.45) is 5.92 Å². The first kappa shape index (κ1) is 32.6. The Balaban J connectivity index is 1.03. The fourth-order valence-electron chi connectivity index (χ4n) is 7.98. The number of rotatable bonds is 5. The standard InChI is InChI=1S/C51H34O4/c1-31-23-40(33-11-6-3-7-12-33)26-41(24-31)39-18-22-49-45(30-39)51(53)44-29-38(17-21-48(44)55-49)37-16-20-47-43(28-37)50(52)42-27-36(15-19-46(42)54-47)35-14-8-13-34(25-35)32-9-4-2-5-10-32/h2-23,25-31H,24H2,1H3. The highest BCUT2D eigenvalue weighted by molar-refractivity contribution is 5.97. The van der Waals surface area contributed by atoms with Crippen LogP contribution in [0.5, 0.6) is 0 Å². The molecule has 1 atom stereocenters. The summed E-state index contributed by atoms with van der Waals surface area (Å²) in [5, 5.41) is 2.03. The van der Waals surface area contributed by atoms with Gasteiger partial charge in [-0.1, -0.05) is 122 Å². The van der Waals surface area contributed by atoms with Crippen LogP contribution in [-0.2, 0) is 0 Å². The molecule has 55 heavy (non-hydrogen) atoms. The summed E-state index contributed by atoms with van der Waals surface area (Å²) in [7, 11) is 0. The van der Waals surface area contributed by atoms with Crippen molar-refractivity contribution in [3.8, 4) is 33.4 Å². The van der Waals surface area contributed by atoms with Crippen molar-refractivity contribution in [1.29, 1.82) is 0 Å². The third-order valence-electron chi connectivity index (χ3n) is 10.8. The van der Waals surface area contributed by atoms with Crippen LogP contribution in [-0.4, -0.2) is 0 Å². The molecule has 7 aromatic carbocycles. The summed E-state index contributed by atoms with van der Waals surface area (Å²) < 4.78 is 12.6. The van der Waals surface area contributed by atoms with Crippen LogP contribution in [0.25, 0.3) is 88.4 Å². The molecule has 2 heterocycles. The Hall–Kier alpha value is -7.04. The third kappa shape index (κ3) is 5.89. The maximum atomic E-state index is 14.2. The van der Waals surface area contributed by atoms with Crippen molar-refractivity contribution in [1.82, 2.24) is 0 Å². The van der Waals surface area contributed by atoms with Gasteiger partial charge < -0.3 is 8.83 Å². The molecule has 1 unspecified atom stereocenters.